The van der Waals surface area contributed by atoms with E-state index in [4.69, 9.17) is 10.9 Å². The SMILES string of the molecule is CCC(C)N(C)CCNC(=O)C(C)(C)C(N)=NO. The first kappa shape index (κ1) is 16.7. The first-order valence-corrected chi connectivity index (χ1v) is 6.23. The fraction of sp³-hybridized carbons (Fsp3) is 0.833. The van der Waals surface area contributed by atoms with Crippen molar-refractivity contribution in [3.8, 4) is 0 Å². The number of likely N-dealkylation sites (N-methyl/N-ethyl adjacent to an activating group) is 1. The standard InChI is InChI=1S/C12H26N4O2/c1-6-9(2)16(5)8-7-14-11(17)12(3,4)10(13)15-18/h9,18H,6-8H2,1-5H3,(H2,13,15)(H,14,17). The highest BCUT2D eigenvalue weighted by Crippen LogP contribution is 2.14. The van der Waals surface area contributed by atoms with Gasteiger partial charge in [-0.1, -0.05) is 12.1 Å². The Morgan fingerprint density at radius 3 is 2.56 bits per heavy atom. The van der Waals surface area contributed by atoms with Crippen LogP contribution in [0.1, 0.15) is 34.1 Å². The molecule has 6 heteroatoms. The van der Waals surface area contributed by atoms with E-state index in [0.717, 1.165) is 13.0 Å². The maximum Gasteiger partial charge on any atom is 0.233 e. The third-order valence-electron chi connectivity index (χ3n) is 3.41. The van der Waals surface area contributed by atoms with Gasteiger partial charge in [0.15, 0.2) is 5.84 Å². The second-order valence-electron chi connectivity index (χ2n) is 5.10. The van der Waals surface area contributed by atoms with E-state index < -0.39 is 5.41 Å². The van der Waals surface area contributed by atoms with Crippen molar-refractivity contribution in [2.75, 3.05) is 20.1 Å². The van der Waals surface area contributed by atoms with Crippen LogP contribution in [0.3, 0.4) is 0 Å². The third kappa shape index (κ3) is 4.52. The average Bonchev–Trinajstić information content (AvgIpc) is 2.35. The van der Waals surface area contributed by atoms with E-state index in [1.165, 1.54) is 0 Å². The van der Waals surface area contributed by atoms with Gasteiger partial charge in [0.05, 0.1) is 0 Å². The molecule has 0 bridgehead atoms. The summed E-state index contributed by atoms with van der Waals surface area (Å²) in [7, 11) is 2.02. The van der Waals surface area contributed by atoms with Crippen molar-refractivity contribution in [1.82, 2.24) is 10.2 Å². The van der Waals surface area contributed by atoms with Gasteiger partial charge in [0.2, 0.25) is 5.91 Å². The lowest BCUT2D eigenvalue weighted by atomic mass is 9.91. The van der Waals surface area contributed by atoms with E-state index in [2.05, 4.69) is 29.2 Å². The molecular formula is C12H26N4O2. The summed E-state index contributed by atoms with van der Waals surface area (Å²) in [4.78, 5) is 14.1. The molecule has 0 aliphatic heterocycles. The Morgan fingerprint density at radius 1 is 1.56 bits per heavy atom. The molecule has 1 unspecified atom stereocenters. The smallest absolute Gasteiger partial charge is 0.233 e. The van der Waals surface area contributed by atoms with Gasteiger partial charge >= 0.3 is 0 Å². The second-order valence-corrected chi connectivity index (χ2v) is 5.10. The number of carbonyl (C=O) groups is 1. The molecule has 0 heterocycles. The third-order valence-corrected chi connectivity index (χ3v) is 3.41. The zero-order valence-corrected chi connectivity index (χ0v) is 12.0. The fourth-order valence-corrected chi connectivity index (χ4v) is 1.34. The second kappa shape index (κ2) is 7.20. The molecule has 0 radical (unpaired) electrons. The highest BCUT2D eigenvalue weighted by Gasteiger charge is 2.32. The van der Waals surface area contributed by atoms with Crippen molar-refractivity contribution in [3.63, 3.8) is 0 Å². The molecule has 0 aromatic rings. The van der Waals surface area contributed by atoms with Gasteiger partial charge in [-0.25, -0.2) is 0 Å². The topological polar surface area (TPSA) is 91.0 Å². The minimum absolute atomic E-state index is 0.0877. The number of amidine groups is 1. The molecule has 0 fully saturated rings. The molecule has 0 saturated carbocycles. The zero-order valence-electron chi connectivity index (χ0n) is 12.0. The molecule has 6 nitrogen and oxygen atoms in total. The summed E-state index contributed by atoms with van der Waals surface area (Å²) in [5.41, 5.74) is 4.49. The summed E-state index contributed by atoms with van der Waals surface area (Å²) in [5.74, 6) is -0.328. The van der Waals surface area contributed by atoms with Crippen molar-refractivity contribution in [1.29, 1.82) is 0 Å². The van der Waals surface area contributed by atoms with Crippen molar-refractivity contribution in [3.05, 3.63) is 0 Å². The van der Waals surface area contributed by atoms with Gasteiger partial charge in [-0.15, -0.1) is 0 Å². The maximum absolute atomic E-state index is 11.9. The van der Waals surface area contributed by atoms with Crippen LogP contribution >= 0.6 is 0 Å². The highest BCUT2D eigenvalue weighted by atomic mass is 16.4. The monoisotopic (exact) mass is 258 g/mol. The Hall–Kier alpha value is -1.30. The van der Waals surface area contributed by atoms with Crippen LogP contribution in [0, 0.1) is 5.41 Å². The average molecular weight is 258 g/mol. The number of nitrogens with zero attached hydrogens (tertiary/aromatic N) is 2. The molecule has 0 rings (SSSR count). The Balaban J connectivity index is 4.20. The van der Waals surface area contributed by atoms with Crippen LogP contribution in [0.25, 0.3) is 0 Å². The number of nitrogens with two attached hydrogens (primary N) is 1. The van der Waals surface area contributed by atoms with E-state index >= 15 is 0 Å². The van der Waals surface area contributed by atoms with E-state index in [9.17, 15) is 4.79 Å². The molecule has 1 amide bonds. The minimum atomic E-state index is -0.996. The van der Waals surface area contributed by atoms with Crippen LogP contribution in [0.15, 0.2) is 5.16 Å². The number of amides is 1. The normalized spacial score (nSPS) is 14.7. The quantitative estimate of drug-likeness (QED) is 0.270. The molecule has 0 aromatic heterocycles. The first-order chi connectivity index (χ1) is 8.27. The Labute approximate surface area is 109 Å². The van der Waals surface area contributed by atoms with Crippen LogP contribution in [-0.2, 0) is 4.79 Å². The van der Waals surface area contributed by atoms with E-state index in [0.29, 0.717) is 12.6 Å². The molecule has 0 saturated heterocycles. The summed E-state index contributed by atoms with van der Waals surface area (Å²) in [6, 6.07) is 0.485. The lowest BCUT2D eigenvalue weighted by Gasteiger charge is -2.25. The van der Waals surface area contributed by atoms with Crippen molar-refractivity contribution < 1.29 is 10.0 Å². The van der Waals surface area contributed by atoms with Crippen LogP contribution in [0.5, 0.6) is 0 Å². The largest absolute Gasteiger partial charge is 0.409 e. The van der Waals surface area contributed by atoms with Gasteiger partial charge in [0.1, 0.15) is 5.41 Å². The lowest BCUT2D eigenvalue weighted by Crippen LogP contribution is -2.47. The lowest BCUT2D eigenvalue weighted by molar-refractivity contribution is -0.126. The highest BCUT2D eigenvalue weighted by molar-refractivity contribution is 6.05. The first-order valence-electron chi connectivity index (χ1n) is 6.23. The molecule has 0 aliphatic rings. The molecular weight excluding hydrogens is 232 g/mol. The van der Waals surface area contributed by atoms with Gasteiger partial charge in [-0.05, 0) is 34.2 Å². The fourth-order valence-electron chi connectivity index (χ4n) is 1.34. The van der Waals surface area contributed by atoms with Gasteiger partial charge in [-0.3, -0.25) is 4.79 Å². The number of rotatable bonds is 7. The van der Waals surface area contributed by atoms with Crippen LogP contribution in [-0.4, -0.2) is 48.0 Å². The Morgan fingerprint density at radius 2 is 2.11 bits per heavy atom. The molecule has 0 spiro atoms. The summed E-state index contributed by atoms with van der Waals surface area (Å²) in [6.07, 6.45) is 1.07. The number of carbonyl (C=O) groups excluding carboxylic acids is 1. The van der Waals surface area contributed by atoms with Gasteiger partial charge in [0.25, 0.3) is 0 Å². The van der Waals surface area contributed by atoms with Gasteiger partial charge < -0.3 is 21.2 Å². The zero-order chi connectivity index (χ0) is 14.3. The summed E-state index contributed by atoms with van der Waals surface area (Å²) < 4.78 is 0. The summed E-state index contributed by atoms with van der Waals surface area (Å²) >= 11 is 0. The van der Waals surface area contributed by atoms with Gasteiger partial charge in [-0.2, -0.15) is 0 Å². The molecule has 1 atom stereocenters. The predicted molar refractivity (Wildman–Crippen MR) is 72.6 cm³/mol. The van der Waals surface area contributed by atoms with Crippen molar-refractivity contribution in [2.45, 2.75) is 40.2 Å². The predicted octanol–water partition coefficient (Wildman–Crippen LogP) is 0.606. The number of hydrogen-bond acceptors (Lipinski definition) is 4. The molecule has 4 N–H and O–H groups in total. The van der Waals surface area contributed by atoms with E-state index in [1.807, 2.05) is 7.05 Å². The van der Waals surface area contributed by atoms with E-state index in [1.54, 1.807) is 13.8 Å². The van der Waals surface area contributed by atoms with Gasteiger partial charge in [0, 0.05) is 19.1 Å². The minimum Gasteiger partial charge on any atom is -0.409 e. The number of nitrogens with one attached hydrogen (secondary N) is 1. The van der Waals surface area contributed by atoms with Crippen molar-refractivity contribution >= 4 is 11.7 Å². The summed E-state index contributed by atoms with van der Waals surface area (Å²) in [5, 5.41) is 14.3. The van der Waals surface area contributed by atoms with E-state index in [-0.39, 0.29) is 11.7 Å². The molecule has 0 aliphatic carbocycles. The Bertz CT molecular complexity index is 302. The van der Waals surface area contributed by atoms with Crippen LogP contribution in [0.2, 0.25) is 0 Å². The number of hydrogen-bond donors (Lipinski definition) is 3. The molecule has 0 aromatic carbocycles. The maximum atomic E-state index is 11.9. The van der Waals surface area contributed by atoms with Crippen LogP contribution in [0.4, 0.5) is 0 Å². The molecule has 106 valence electrons. The van der Waals surface area contributed by atoms with Crippen molar-refractivity contribution in [2.24, 2.45) is 16.3 Å². The number of oxime groups is 1. The summed E-state index contributed by atoms with van der Waals surface area (Å²) in [6.45, 7) is 8.82. The van der Waals surface area contributed by atoms with Crippen LogP contribution < -0.4 is 11.1 Å². The Kier molecular flexibility index (Phi) is 6.68. The molecule has 18 heavy (non-hydrogen) atoms.